The van der Waals surface area contributed by atoms with E-state index in [1.165, 1.54) is 13.8 Å². The number of fused-ring (bicyclic) bond motifs is 3. The quantitative estimate of drug-likeness (QED) is 0.0934. The van der Waals surface area contributed by atoms with Gasteiger partial charge in [-0.25, -0.2) is 9.59 Å². The average molecular weight is 704 g/mol. The highest BCUT2D eigenvalue weighted by Gasteiger charge is 2.46. The molecule has 0 amide bonds. The predicted molar refractivity (Wildman–Crippen MR) is 188 cm³/mol. The number of carbonyl (C=O) groups is 2. The Morgan fingerprint density at radius 3 is 1.41 bits per heavy atom. The van der Waals surface area contributed by atoms with Crippen LogP contribution in [-0.2, 0) is 24.5 Å². The summed E-state index contributed by atoms with van der Waals surface area (Å²) in [5, 5.41) is 21.3. The summed E-state index contributed by atoms with van der Waals surface area (Å²) < 4.78 is 21.7. The first-order valence-corrected chi connectivity index (χ1v) is 16.3. The van der Waals surface area contributed by atoms with Crippen LogP contribution in [0.1, 0.15) is 36.1 Å². The summed E-state index contributed by atoms with van der Waals surface area (Å²) in [5.41, 5.74) is 5.48. The highest BCUT2D eigenvalue weighted by atomic mass is 35.5. The molecular weight excluding hydrogens is 667 g/mol. The van der Waals surface area contributed by atoms with Gasteiger partial charge in [0.15, 0.2) is 0 Å². The Labute approximate surface area is 295 Å². The summed E-state index contributed by atoms with van der Waals surface area (Å²) in [5.74, 6) is -0.495. The standard InChI is InChI=1S/C39H36Cl2O8/c1-23(2)37(44)48-21-27(42)19-46-35-15-13-25(17-33(35)40)39(31-11-7-5-9-29(31)30-10-6-8-12-32(30)39)26-14-16-36(34(41)18-26)47-20-28(43)22-49-38(45)24(3)4/h5-18,27-28,42-43H,1,3,19-22H2,2,4H3. The Morgan fingerprint density at radius 2 is 1.04 bits per heavy atom. The van der Waals surface area contributed by atoms with Crippen LogP contribution in [0.3, 0.4) is 0 Å². The van der Waals surface area contributed by atoms with Gasteiger partial charge in [-0.3, -0.25) is 0 Å². The van der Waals surface area contributed by atoms with E-state index in [9.17, 15) is 19.8 Å². The molecule has 10 heteroatoms. The lowest BCUT2D eigenvalue weighted by molar-refractivity contribution is -0.143. The zero-order chi connectivity index (χ0) is 35.3. The Hall–Kier alpha value is -4.60. The van der Waals surface area contributed by atoms with Crippen LogP contribution in [0.15, 0.2) is 109 Å². The van der Waals surface area contributed by atoms with Gasteiger partial charge in [0.05, 0.1) is 15.5 Å². The highest BCUT2D eigenvalue weighted by Crippen LogP contribution is 2.57. The average Bonchev–Trinajstić information content (AvgIpc) is 3.39. The number of hydrogen-bond donors (Lipinski definition) is 2. The number of halogens is 2. The number of hydrogen-bond acceptors (Lipinski definition) is 8. The van der Waals surface area contributed by atoms with Gasteiger partial charge in [-0.2, -0.15) is 0 Å². The van der Waals surface area contributed by atoms with Gasteiger partial charge in [0.2, 0.25) is 0 Å². The second kappa shape index (κ2) is 15.3. The first kappa shape index (κ1) is 35.7. The summed E-state index contributed by atoms with van der Waals surface area (Å²) in [6.45, 7) is 9.31. The van der Waals surface area contributed by atoms with Gasteiger partial charge >= 0.3 is 11.9 Å². The molecule has 0 aliphatic heterocycles. The number of esters is 2. The zero-order valence-electron chi connectivity index (χ0n) is 27.1. The SMILES string of the molecule is C=C(C)C(=O)OCC(O)COc1ccc(C2(c3ccc(OCC(O)COC(=O)C(=C)C)c(Cl)c3)c3ccccc3-c3ccccc32)cc1Cl. The van der Waals surface area contributed by atoms with Crippen molar-refractivity contribution in [3.05, 3.63) is 142 Å². The maximum Gasteiger partial charge on any atom is 0.333 e. The molecule has 49 heavy (non-hydrogen) atoms. The molecule has 0 aromatic heterocycles. The highest BCUT2D eigenvalue weighted by molar-refractivity contribution is 6.32. The van der Waals surface area contributed by atoms with Crippen LogP contribution in [0.4, 0.5) is 0 Å². The smallest absolute Gasteiger partial charge is 0.333 e. The molecule has 4 aromatic carbocycles. The molecule has 0 spiro atoms. The summed E-state index contributed by atoms with van der Waals surface area (Å²) in [6, 6.07) is 27.3. The Morgan fingerprint density at radius 1 is 0.653 bits per heavy atom. The fraction of sp³-hybridized carbons (Fsp3) is 0.231. The molecule has 0 heterocycles. The van der Waals surface area contributed by atoms with Gasteiger partial charge in [0.1, 0.15) is 50.1 Å². The fourth-order valence-corrected chi connectivity index (χ4v) is 6.25. The lowest BCUT2D eigenvalue weighted by Crippen LogP contribution is -2.29. The Bertz CT molecular complexity index is 1760. The summed E-state index contributed by atoms with van der Waals surface area (Å²) in [7, 11) is 0. The molecular formula is C39H36Cl2O8. The van der Waals surface area contributed by atoms with E-state index in [0.29, 0.717) is 21.5 Å². The van der Waals surface area contributed by atoms with Gasteiger partial charge in [0, 0.05) is 11.1 Å². The van der Waals surface area contributed by atoms with Gasteiger partial charge in [-0.15, -0.1) is 0 Å². The van der Waals surface area contributed by atoms with Crippen LogP contribution in [-0.4, -0.2) is 60.8 Å². The van der Waals surface area contributed by atoms with Crippen molar-refractivity contribution in [3.8, 4) is 22.6 Å². The molecule has 4 aromatic rings. The second-order valence-corrected chi connectivity index (χ2v) is 12.6. The second-order valence-electron chi connectivity index (χ2n) is 11.8. The van der Waals surface area contributed by atoms with E-state index in [1.807, 2.05) is 48.5 Å². The normalized spacial score (nSPS) is 13.8. The third-order valence-electron chi connectivity index (χ3n) is 8.06. The van der Waals surface area contributed by atoms with Crippen LogP contribution in [0.2, 0.25) is 10.0 Å². The van der Waals surface area contributed by atoms with E-state index in [0.717, 1.165) is 33.4 Å². The van der Waals surface area contributed by atoms with Crippen LogP contribution in [0, 0.1) is 0 Å². The third kappa shape index (κ3) is 7.53. The molecule has 0 saturated carbocycles. The minimum absolute atomic E-state index is 0.151. The summed E-state index contributed by atoms with van der Waals surface area (Å²) in [6.07, 6.45) is -2.15. The molecule has 1 aliphatic rings. The van der Waals surface area contributed by atoms with E-state index in [1.54, 1.807) is 12.1 Å². The number of benzene rings is 4. The molecule has 254 valence electrons. The maximum absolute atomic E-state index is 11.7. The molecule has 2 unspecified atom stereocenters. The number of aliphatic hydroxyl groups excluding tert-OH is 2. The van der Waals surface area contributed by atoms with E-state index in [-0.39, 0.29) is 37.6 Å². The summed E-state index contributed by atoms with van der Waals surface area (Å²) >= 11 is 13.7. The number of ether oxygens (including phenoxy) is 4. The minimum Gasteiger partial charge on any atom is -0.489 e. The number of rotatable bonds is 14. The Kier molecular flexibility index (Phi) is 11.2. The fourth-order valence-electron chi connectivity index (χ4n) is 5.78. The molecule has 2 N–H and O–H groups in total. The number of aliphatic hydroxyl groups is 2. The first-order valence-electron chi connectivity index (χ1n) is 15.5. The van der Waals surface area contributed by atoms with Crippen molar-refractivity contribution >= 4 is 35.1 Å². The van der Waals surface area contributed by atoms with E-state index in [2.05, 4.69) is 37.4 Å². The molecule has 0 fully saturated rings. The van der Waals surface area contributed by atoms with Crippen LogP contribution in [0.5, 0.6) is 11.5 Å². The molecule has 2 atom stereocenters. The van der Waals surface area contributed by atoms with Crippen LogP contribution < -0.4 is 9.47 Å². The van der Waals surface area contributed by atoms with Gasteiger partial charge in [-0.05, 0) is 71.5 Å². The van der Waals surface area contributed by atoms with Crippen molar-refractivity contribution in [2.45, 2.75) is 31.5 Å². The lowest BCUT2D eigenvalue weighted by Gasteiger charge is -2.34. The molecule has 8 nitrogen and oxygen atoms in total. The van der Waals surface area contributed by atoms with Crippen molar-refractivity contribution in [2.75, 3.05) is 26.4 Å². The summed E-state index contributed by atoms with van der Waals surface area (Å²) in [4.78, 5) is 23.4. The van der Waals surface area contributed by atoms with E-state index >= 15 is 0 Å². The topological polar surface area (TPSA) is 112 Å². The van der Waals surface area contributed by atoms with Gasteiger partial charge < -0.3 is 29.2 Å². The Balaban J connectivity index is 1.47. The van der Waals surface area contributed by atoms with E-state index in [4.69, 9.17) is 42.1 Å². The largest absolute Gasteiger partial charge is 0.489 e. The van der Waals surface area contributed by atoms with Crippen molar-refractivity contribution < 1.29 is 38.7 Å². The van der Waals surface area contributed by atoms with Crippen LogP contribution in [0.25, 0.3) is 11.1 Å². The molecule has 0 bridgehead atoms. The molecule has 1 aliphatic carbocycles. The van der Waals surface area contributed by atoms with E-state index < -0.39 is 29.6 Å². The molecule has 0 saturated heterocycles. The first-order chi connectivity index (χ1) is 23.4. The maximum atomic E-state index is 11.7. The zero-order valence-corrected chi connectivity index (χ0v) is 28.6. The minimum atomic E-state index is -1.07. The molecule has 5 rings (SSSR count). The third-order valence-corrected chi connectivity index (χ3v) is 8.65. The predicted octanol–water partition coefficient (Wildman–Crippen LogP) is 7.07. The lowest BCUT2D eigenvalue weighted by atomic mass is 9.67. The van der Waals surface area contributed by atoms with Crippen molar-refractivity contribution in [3.63, 3.8) is 0 Å². The van der Waals surface area contributed by atoms with Gasteiger partial charge in [0.25, 0.3) is 0 Å². The van der Waals surface area contributed by atoms with Crippen molar-refractivity contribution in [2.24, 2.45) is 0 Å². The van der Waals surface area contributed by atoms with Crippen LogP contribution >= 0.6 is 23.2 Å². The monoisotopic (exact) mass is 702 g/mol. The number of carbonyl (C=O) groups excluding carboxylic acids is 2. The van der Waals surface area contributed by atoms with Crippen molar-refractivity contribution in [1.29, 1.82) is 0 Å². The van der Waals surface area contributed by atoms with Crippen molar-refractivity contribution in [1.82, 2.24) is 0 Å². The molecule has 0 radical (unpaired) electrons. The van der Waals surface area contributed by atoms with Gasteiger partial charge in [-0.1, -0.05) is 97.0 Å².